The Morgan fingerprint density at radius 3 is 2.45 bits per heavy atom. The molecule has 8 heteroatoms. The number of nitrogens with one attached hydrogen (secondary N) is 1. The van der Waals surface area contributed by atoms with E-state index in [4.69, 9.17) is 4.74 Å². The Morgan fingerprint density at radius 2 is 1.76 bits per heavy atom. The molecule has 0 radical (unpaired) electrons. The zero-order valence-corrected chi connectivity index (χ0v) is 17.8. The van der Waals surface area contributed by atoms with Crippen molar-refractivity contribution >= 4 is 23.2 Å². The van der Waals surface area contributed by atoms with E-state index < -0.39 is 10.8 Å². The third-order valence-corrected chi connectivity index (χ3v) is 5.50. The summed E-state index contributed by atoms with van der Waals surface area (Å²) in [4.78, 5) is 37.3. The largest absolute Gasteiger partial charge is 0.482 e. The molecule has 3 aromatic rings. The maximum absolute atomic E-state index is 13.0. The minimum absolute atomic E-state index is 0.178. The van der Waals surface area contributed by atoms with Crippen LogP contribution in [0.3, 0.4) is 0 Å². The lowest BCUT2D eigenvalue weighted by atomic mass is 9.99. The minimum atomic E-state index is -0.549. The van der Waals surface area contributed by atoms with Crippen molar-refractivity contribution in [3.8, 4) is 5.75 Å². The van der Waals surface area contributed by atoms with Crippen LogP contribution in [0.15, 0.2) is 78.9 Å². The second-order valence-corrected chi connectivity index (χ2v) is 7.73. The Morgan fingerprint density at radius 1 is 1.06 bits per heavy atom. The molecule has 0 saturated carbocycles. The van der Waals surface area contributed by atoms with Crippen molar-refractivity contribution in [2.24, 2.45) is 0 Å². The van der Waals surface area contributed by atoms with Gasteiger partial charge in [0.25, 0.3) is 11.6 Å². The maximum atomic E-state index is 13.0. The molecule has 1 aliphatic heterocycles. The number of non-ortho nitro benzene ring substituents is 1. The van der Waals surface area contributed by atoms with E-state index in [-0.39, 0.29) is 36.5 Å². The monoisotopic (exact) mass is 445 g/mol. The van der Waals surface area contributed by atoms with Gasteiger partial charge in [-0.3, -0.25) is 24.6 Å². The van der Waals surface area contributed by atoms with Crippen molar-refractivity contribution in [1.82, 2.24) is 5.32 Å². The van der Waals surface area contributed by atoms with Gasteiger partial charge in [0.1, 0.15) is 12.3 Å². The first-order valence-electron chi connectivity index (χ1n) is 10.6. The molecule has 0 bridgehead atoms. The van der Waals surface area contributed by atoms with Crippen LogP contribution < -0.4 is 15.0 Å². The lowest BCUT2D eigenvalue weighted by molar-refractivity contribution is -0.384. The smallest absolute Gasteiger partial charge is 0.271 e. The van der Waals surface area contributed by atoms with Gasteiger partial charge < -0.3 is 10.1 Å². The van der Waals surface area contributed by atoms with Crippen molar-refractivity contribution in [3.05, 3.63) is 100 Å². The van der Waals surface area contributed by atoms with Gasteiger partial charge in [0, 0.05) is 12.1 Å². The van der Waals surface area contributed by atoms with Crippen LogP contribution >= 0.6 is 0 Å². The highest BCUT2D eigenvalue weighted by molar-refractivity contribution is 6.02. The fourth-order valence-electron chi connectivity index (χ4n) is 3.82. The summed E-state index contributed by atoms with van der Waals surface area (Å²) in [6, 6.07) is 23.4. The van der Waals surface area contributed by atoms with Crippen molar-refractivity contribution < 1.29 is 19.2 Å². The fourth-order valence-corrected chi connectivity index (χ4v) is 3.82. The zero-order chi connectivity index (χ0) is 23.2. The number of anilines is 1. The highest BCUT2D eigenvalue weighted by Gasteiger charge is 2.29. The summed E-state index contributed by atoms with van der Waals surface area (Å²) >= 11 is 0. The number of hydrogen-bond acceptors (Lipinski definition) is 5. The molecule has 0 spiro atoms. The highest BCUT2D eigenvalue weighted by Crippen LogP contribution is 2.35. The molecule has 1 aliphatic rings. The van der Waals surface area contributed by atoms with Crippen molar-refractivity contribution in [2.45, 2.75) is 18.9 Å². The van der Waals surface area contributed by atoms with E-state index in [0.717, 1.165) is 17.5 Å². The number of hydrogen-bond donors (Lipinski definition) is 1. The Hall–Kier alpha value is -4.20. The molecule has 1 atom stereocenters. The van der Waals surface area contributed by atoms with Crippen LogP contribution in [0.5, 0.6) is 5.75 Å². The average Bonchev–Trinajstić information content (AvgIpc) is 2.84. The summed E-state index contributed by atoms with van der Waals surface area (Å²) in [5, 5.41) is 14.2. The molecular formula is C25H23N3O5. The summed E-state index contributed by atoms with van der Waals surface area (Å²) in [5.41, 5.74) is 2.17. The van der Waals surface area contributed by atoms with Gasteiger partial charge in [0.15, 0.2) is 6.61 Å². The van der Waals surface area contributed by atoms with Crippen LogP contribution in [-0.4, -0.2) is 29.9 Å². The van der Waals surface area contributed by atoms with Crippen LogP contribution in [0, 0.1) is 10.1 Å². The third-order valence-electron chi connectivity index (χ3n) is 5.50. The second-order valence-electron chi connectivity index (χ2n) is 7.73. The number of rotatable bonds is 8. The van der Waals surface area contributed by atoms with Crippen molar-refractivity contribution in [3.63, 3.8) is 0 Å². The molecule has 0 aliphatic carbocycles. The van der Waals surface area contributed by atoms with Gasteiger partial charge in [0.05, 0.1) is 16.7 Å². The van der Waals surface area contributed by atoms with Gasteiger partial charge in [-0.1, -0.05) is 60.7 Å². The number of nitro groups is 1. The number of benzene rings is 3. The van der Waals surface area contributed by atoms with Crippen LogP contribution in [-0.2, 0) is 16.0 Å². The lowest BCUT2D eigenvalue weighted by Crippen LogP contribution is -2.45. The van der Waals surface area contributed by atoms with Crippen LogP contribution in [0.4, 0.5) is 11.4 Å². The van der Waals surface area contributed by atoms with Crippen molar-refractivity contribution in [2.75, 3.05) is 18.1 Å². The molecule has 8 nitrogen and oxygen atoms in total. The van der Waals surface area contributed by atoms with Crippen LogP contribution in [0.25, 0.3) is 0 Å². The molecule has 1 heterocycles. The summed E-state index contributed by atoms with van der Waals surface area (Å²) < 4.78 is 5.37. The third kappa shape index (κ3) is 5.35. The van der Waals surface area contributed by atoms with Crippen molar-refractivity contribution in [1.29, 1.82) is 0 Å². The molecule has 2 amide bonds. The molecule has 0 aromatic heterocycles. The number of carbonyl (C=O) groups excluding carboxylic acids is 2. The summed E-state index contributed by atoms with van der Waals surface area (Å²) in [6.45, 7) is -0.487. The molecule has 1 N–H and O–H groups in total. The topological polar surface area (TPSA) is 102 Å². The molecule has 168 valence electrons. The Kier molecular flexibility index (Phi) is 6.64. The predicted octanol–water partition coefficient (Wildman–Crippen LogP) is 3.81. The Balaban J connectivity index is 1.51. The van der Waals surface area contributed by atoms with Gasteiger partial charge in [0.2, 0.25) is 5.91 Å². The minimum Gasteiger partial charge on any atom is -0.482 e. The van der Waals surface area contributed by atoms with Gasteiger partial charge in [-0.05, 0) is 30.0 Å². The first-order valence-corrected chi connectivity index (χ1v) is 10.6. The average molecular weight is 445 g/mol. The van der Waals surface area contributed by atoms with Gasteiger partial charge in [-0.2, -0.15) is 0 Å². The van der Waals surface area contributed by atoms with Crippen LogP contribution in [0.2, 0.25) is 0 Å². The maximum Gasteiger partial charge on any atom is 0.271 e. The molecule has 33 heavy (non-hydrogen) atoms. The summed E-state index contributed by atoms with van der Waals surface area (Å²) in [5.74, 6) is -0.458. The first-order chi connectivity index (χ1) is 16.0. The number of amides is 2. The quantitative estimate of drug-likeness (QED) is 0.420. The standard InChI is InChI=1S/C25H23N3O5/c29-24(16-27-22-15-20(28(31)32)12-14-23(22)33-17-25(27)30)26-21(19-9-5-2-6-10-19)13-11-18-7-3-1-4-8-18/h1-10,12,14-15,21H,11,13,16-17H2,(H,26,29). The summed E-state index contributed by atoms with van der Waals surface area (Å²) in [6.07, 6.45) is 1.45. The van der Waals surface area contributed by atoms with E-state index in [1.54, 1.807) is 0 Å². The molecule has 1 unspecified atom stereocenters. The number of nitrogens with zero attached hydrogens (tertiary/aromatic N) is 2. The normalized spacial score (nSPS) is 13.6. The lowest BCUT2D eigenvalue weighted by Gasteiger charge is -2.29. The zero-order valence-electron chi connectivity index (χ0n) is 17.8. The van der Waals surface area contributed by atoms with Gasteiger partial charge in [-0.25, -0.2) is 0 Å². The number of carbonyl (C=O) groups is 2. The van der Waals surface area contributed by atoms with Gasteiger partial charge >= 0.3 is 0 Å². The SMILES string of the molecule is O=C(CN1C(=O)COc2ccc([N+](=O)[O-])cc21)NC(CCc1ccccc1)c1ccccc1. The molecule has 3 aromatic carbocycles. The molecule has 4 rings (SSSR count). The summed E-state index contributed by atoms with van der Waals surface area (Å²) in [7, 11) is 0. The van der Waals surface area contributed by atoms with E-state index in [2.05, 4.69) is 5.32 Å². The number of ether oxygens (including phenoxy) is 1. The van der Waals surface area contributed by atoms with E-state index >= 15 is 0 Å². The first kappa shape index (κ1) is 22.0. The van der Waals surface area contributed by atoms with Crippen LogP contribution in [0.1, 0.15) is 23.6 Å². The molecule has 0 saturated heterocycles. The fraction of sp³-hybridized carbons (Fsp3) is 0.200. The number of aryl methyl sites for hydroxylation is 1. The van der Waals surface area contributed by atoms with E-state index in [9.17, 15) is 19.7 Å². The predicted molar refractivity (Wildman–Crippen MR) is 123 cm³/mol. The van der Waals surface area contributed by atoms with E-state index in [0.29, 0.717) is 12.2 Å². The Bertz CT molecular complexity index is 1150. The molecular weight excluding hydrogens is 422 g/mol. The van der Waals surface area contributed by atoms with E-state index in [1.807, 2.05) is 60.7 Å². The second kappa shape index (κ2) is 9.95. The molecule has 0 fully saturated rings. The number of nitro benzene ring substituents is 1. The Labute approximate surface area is 190 Å². The van der Waals surface area contributed by atoms with E-state index in [1.165, 1.54) is 23.1 Å². The number of fused-ring (bicyclic) bond motifs is 1. The van der Waals surface area contributed by atoms with Gasteiger partial charge in [-0.15, -0.1) is 0 Å². The highest BCUT2D eigenvalue weighted by atomic mass is 16.6.